The predicted molar refractivity (Wildman–Crippen MR) is 83.6 cm³/mol. The number of benzene rings is 1. The first kappa shape index (κ1) is 14.8. The van der Waals surface area contributed by atoms with Crippen molar-refractivity contribution in [2.24, 2.45) is 7.05 Å². The summed E-state index contributed by atoms with van der Waals surface area (Å²) in [5, 5.41) is 4.17. The van der Waals surface area contributed by atoms with Crippen LogP contribution in [-0.2, 0) is 11.8 Å². The summed E-state index contributed by atoms with van der Waals surface area (Å²) in [5.74, 6) is 0.0293. The predicted octanol–water partition coefficient (Wildman–Crippen LogP) is 2.33. The Morgan fingerprint density at radius 3 is 2.64 bits per heavy atom. The summed E-state index contributed by atoms with van der Waals surface area (Å²) in [6, 6.07) is 10.1. The molecule has 1 aromatic heterocycles. The van der Waals surface area contributed by atoms with Gasteiger partial charge in [-0.25, -0.2) is 0 Å². The van der Waals surface area contributed by atoms with Crippen molar-refractivity contribution >= 4 is 5.91 Å². The summed E-state index contributed by atoms with van der Waals surface area (Å²) in [6.45, 7) is 5.10. The minimum atomic E-state index is -0.0779. The van der Waals surface area contributed by atoms with E-state index in [1.807, 2.05) is 56.1 Å². The van der Waals surface area contributed by atoms with Crippen molar-refractivity contribution in [3.05, 3.63) is 53.3 Å². The monoisotopic (exact) mass is 299 g/mol. The Morgan fingerprint density at radius 1 is 1.27 bits per heavy atom. The zero-order valence-electron chi connectivity index (χ0n) is 13.2. The van der Waals surface area contributed by atoms with E-state index in [0.717, 1.165) is 11.3 Å². The van der Waals surface area contributed by atoms with Gasteiger partial charge in [0.1, 0.15) is 6.10 Å². The molecule has 1 saturated heterocycles. The molecule has 0 radical (unpaired) electrons. The molecular formula is C17H21N3O2. The van der Waals surface area contributed by atoms with Gasteiger partial charge in [-0.3, -0.25) is 9.48 Å². The lowest BCUT2D eigenvalue weighted by atomic mass is 10.1. The number of hydrogen-bond donors (Lipinski definition) is 0. The molecule has 22 heavy (non-hydrogen) atoms. The molecular weight excluding hydrogens is 278 g/mol. The summed E-state index contributed by atoms with van der Waals surface area (Å²) in [4.78, 5) is 14.6. The first-order valence-electron chi connectivity index (χ1n) is 7.54. The van der Waals surface area contributed by atoms with Crippen molar-refractivity contribution in [1.29, 1.82) is 0 Å². The lowest BCUT2D eigenvalue weighted by Gasteiger charge is -2.37. The van der Waals surface area contributed by atoms with Gasteiger partial charge in [0, 0.05) is 19.3 Å². The van der Waals surface area contributed by atoms with Crippen molar-refractivity contribution in [1.82, 2.24) is 14.7 Å². The van der Waals surface area contributed by atoms with Crippen molar-refractivity contribution in [2.75, 3.05) is 13.1 Å². The first-order chi connectivity index (χ1) is 10.6. The van der Waals surface area contributed by atoms with E-state index in [4.69, 9.17) is 4.74 Å². The van der Waals surface area contributed by atoms with Crippen LogP contribution in [0.5, 0.6) is 0 Å². The Balaban J connectivity index is 1.82. The second kappa shape index (κ2) is 5.93. The van der Waals surface area contributed by atoms with E-state index >= 15 is 0 Å². The Kier molecular flexibility index (Phi) is 3.98. The van der Waals surface area contributed by atoms with Crippen LogP contribution in [-0.4, -0.2) is 39.8 Å². The molecule has 116 valence electrons. The highest BCUT2D eigenvalue weighted by molar-refractivity contribution is 5.95. The molecule has 1 amide bonds. The summed E-state index contributed by atoms with van der Waals surface area (Å²) in [5.41, 5.74) is 2.67. The van der Waals surface area contributed by atoms with Crippen LogP contribution in [0.3, 0.4) is 0 Å². The Morgan fingerprint density at radius 2 is 2.00 bits per heavy atom. The molecule has 2 atom stereocenters. The van der Waals surface area contributed by atoms with Crippen LogP contribution >= 0.6 is 0 Å². The summed E-state index contributed by atoms with van der Waals surface area (Å²) >= 11 is 0. The third-order valence-corrected chi connectivity index (χ3v) is 4.18. The number of rotatable bonds is 2. The number of ether oxygens (including phenoxy) is 1. The maximum Gasteiger partial charge on any atom is 0.257 e. The van der Waals surface area contributed by atoms with E-state index in [-0.39, 0.29) is 18.1 Å². The van der Waals surface area contributed by atoms with Crippen molar-refractivity contribution in [2.45, 2.75) is 26.1 Å². The van der Waals surface area contributed by atoms with E-state index in [9.17, 15) is 4.79 Å². The summed E-state index contributed by atoms with van der Waals surface area (Å²) < 4.78 is 7.74. The lowest BCUT2D eigenvalue weighted by molar-refractivity contribution is -0.0691. The molecule has 1 aromatic carbocycles. The third kappa shape index (κ3) is 2.76. The minimum Gasteiger partial charge on any atom is -0.367 e. The smallest absolute Gasteiger partial charge is 0.257 e. The van der Waals surface area contributed by atoms with Gasteiger partial charge in [0.05, 0.1) is 24.4 Å². The van der Waals surface area contributed by atoms with E-state index in [0.29, 0.717) is 18.7 Å². The zero-order chi connectivity index (χ0) is 15.7. The van der Waals surface area contributed by atoms with Crippen LogP contribution in [0.2, 0.25) is 0 Å². The van der Waals surface area contributed by atoms with Crippen LogP contribution in [0.15, 0.2) is 36.5 Å². The molecule has 5 heteroatoms. The Bertz CT molecular complexity index is 666. The number of aromatic nitrogens is 2. The number of carbonyl (C=O) groups is 1. The maximum absolute atomic E-state index is 12.8. The molecule has 2 aromatic rings. The largest absolute Gasteiger partial charge is 0.367 e. The lowest BCUT2D eigenvalue weighted by Crippen LogP contribution is -2.46. The number of aryl methyl sites for hydroxylation is 1. The van der Waals surface area contributed by atoms with E-state index in [1.54, 1.807) is 10.9 Å². The number of carbonyl (C=O) groups excluding carboxylic acids is 1. The number of morpholine rings is 1. The minimum absolute atomic E-state index is 0.0138. The molecule has 0 saturated carbocycles. The van der Waals surface area contributed by atoms with Crippen molar-refractivity contribution in [3.63, 3.8) is 0 Å². The number of hydrogen-bond acceptors (Lipinski definition) is 3. The number of amides is 1. The average Bonchev–Trinajstić information content (AvgIpc) is 2.86. The molecule has 5 nitrogen and oxygen atoms in total. The molecule has 0 bridgehead atoms. The highest BCUT2D eigenvalue weighted by Crippen LogP contribution is 2.26. The molecule has 2 heterocycles. The van der Waals surface area contributed by atoms with Gasteiger partial charge in [-0.1, -0.05) is 30.3 Å². The van der Waals surface area contributed by atoms with Crippen molar-refractivity contribution in [3.8, 4) is 0 Å². The second-order valence-corrected chi connectivity index (χ2v) is 5.82. The average molecular weight is 299 g/mol. The quantitative estimate of drug-likeness (QED) is 0.855. The highest BCUT2D eigenvalue weighted by atomic mass is 16.5. The Hall–Kier alpha value is -2.14. The molecule has 0 aliphatic carbocycles. The van der Waals surface area contributed by atoms with Gasteiger partial charge in [0.2, 0.25) is 0 Å². The van der Waals surface area contributed by atoms with Gasteiger partial charge in [-0.2, -0.15) is 5.10 Å². The van der Waals surface area contributed by atoms with Crippen LogP contribution in [0.4, 0.5) is 0 Å². The van der Waals surface area contributed by atoms with E-state index in [2.05, 4.69) is 5.10 Å². The molecule has 0 spiro atoms. The molecule has 3 rings (SSSR count). The topological polar surface area (TPSA) is 47.4 Å². The van der Waals surface area contributed by atoms with E-state index < -0.39 is 0 Å². The molecule has 0 N–H and O–H groups in total. The van der Waals surface area contributed by atoms with Crippen LogP contribution < -0.4 is 0 Å². The SMILES string of the molecule is Cc1c(C(=O)N2C[C@@H](C)O[C@H](c3ccccc3)C2)cnn1C. The van der Waals surface area contributed by atoms with Crippen LogP contribution in [0.1, 0.15) is 34.6 Å². The standard InChI is InChI=1S/C17H21N3O2/c1-12-10-20(17(21)15-9-18-19(3)13(15)2)11-16(22-12)14-7-5-4-6-8-14/h4-9,12,16H,10-11H2,1-3H3/t12-,16+/m1/s1. The van der Waals surface area contributed by atoms with Crippen LogP contribution in [0.25, 0.3) is 0 Å². The first-order valence-corrected chi connectivity index (χ1v) is 7.54. The van der Waals surface area contributed by atoms with Gasteiger partial charge in [0.25, 0.3) is 5.91 Å². The number of nitrogens with zero attached hydrogens (tertiary/aromatic N) is 3. The normalized spacial score (nSPS) is 21.9. The molecule has 1 aliphatic rings. The van der Waals surface area contributed by atoms with Gasteiger partial charge in [0.15, 0.2) is 0 Å². The highest BCUT2D eigenvalue weighted by Gasteiger charge is 2.31. The second-order valence-electron chi connectivity index (χ2n) is 5.82. The maximum atomic E-state index is 12.8. The van der Waals surface area contributed by atoms with Crippen molar-refractivity contribution < 1.29 is 9.53 Å². The Labute approximate surface area is 130 Å². The van der Waals surface area contributed by atoms with Gasteiger partial charge in [-0.05, 0) is 19.4 Å². The van der Waals surface area contributed by atoms with E-state index in [1.165, 1.54) is 0 Å². The summed E-state index contributed by atoms with van der Waals surface area (Å²) in [6.07, 6.45) is 1.58. The van der Waals surface area contributed by atoms with Crippen LogP contribution in [0, 0.1) is 6.92 Å². The fraction of sp³-hybridized carbons (Fsp3) is 0.412. The zero-order valence-corrected chi connectivity index (χ0v) is 13.2. The molecule has 1 aliphatic heterocycles. The van der Waals surface area contributed by atoms with Gasteiger partial charge >= 0.3 is 0 Å². The fourth-order valence-corrected chi connectivity index (χ4v) is 2.85. The van der Waals surface area contributed by atoms with Gasteiger partial charge in [-0.15, -0.1) is 0 Å². The molecule has 0 unspecified atom stereocenters. The molecule has 1 fully saturated rings. The van der Waals surface area contributed by atoms with Gasteiger partial charge < -0.3 is 9.64 Å². The fourth-order valence-electron chi connectivity index (χ4n) is 2.85. The third-order valence-electron chi connectivity index (χ3n) is 4.18. The summed E-state index contributed by atoms with van der Waals surface area (Å²) in [7, 11) is 1.85.